The van der Waals surface area contributed by atoms with Crippen LogP contribution in [0.15, 0.2) is 28.7 Å². The summed E-state index contributed by atoms with van der Waals surface area (Å²) in [7, 11) is 0. The quantitative estimate of drug-likeness (QED) is 0.827. The van der Waals surface area contributed by atoms with Gasteiger partial charge in [0.2, 0.25) is 0 Å². The van der Waals surface area contributed by atoms with E-state index < -0.39 is 23.5 Å². The molecule has 0 aromatic heterocycles. The van der Waals surface area contributed by atoms with Crippen molar-refractivity contribution in [2.45, 2.75) is 25.0 Å². The first kappa shape index (κ1) is 16.2. The van der Waals surface area contributed by atoms with Gasteiger partial charge in [0.25, 0.3) is 5.91 Å². The molecule has 1 aromatic carbocycles. The Hall–Kier alpha value is -1.21. The molecular weight excluding hydrogens is 358 g/mol. The number of carboxylic acid groups (broad SMARTS) is 1. The number of amides is 1. The van der Waals surface area contributed by atoms with Gasteiger partial charge in [0, 0.05) is 10.2 Å². The zero-order chi connectivity index (χ0) is 15.5. The molecule has 1 amide bonds. The monoisotopic (exact) mass is 373 g/mol. The smallest absolute Gasteiger partial charge is 0.330 e. The number of carbonyl (C=O) groups excluding carboxylic acids is 1. The number of rotatable bonds is 5. The summed E-state index contributed by atoms with van der Waals surface area (Å²) in [6, 6.07) is 7.11. The minimum atomic E-state index is -1.17. The van der Waals surface area contributed by atoms with Crippen molar-refractivity contribution in [2.75, 3.05) is 11.5 Å². The van der Waals surface area contributed by atoms with Gasteiger partial charge in [-0.2, -0.15) is 11.8 Å². The lowest BCUT2D eigenvalue weighted by Gasteiger charge is -2.26. The Morgan fingerprint density at radius 3 is 2.62 bits per heavy atom. The molecule has 2 atom stereocenters. The molecule has 21 heavy (non-hydrogen) atoms. The molecule has 7 heteroatoms. The van der Waals surface area contributed by atoms with E-state index >= 15 is 0 Å². The van der Waals surface area contributed by atoms with Crippen LogP contribution in [-0.2, 0) is 9.59 Å². The third-order valence-electron chi connectivity index (χ3n) is 3.29. The number of ether oxygens (including phenoxy) is 1. The average molecular weight is 374 g/mol. The summed E-state index contributed by atoms with van der Waals surface area (Å²) < 4.78 is 6.45. The number of carbonyl (C=O) groups is 2. The van der Waals surface area contributed by atoms with Crippen LogP contribution < -0.4 is 10.1 Å². The second-order valence-corrected chi connectivity index (χ2v) is 6.91. The highest BCUT2D eigenvalue weighted by Crippen LogP contribution is 2.28. The van der Waals surface area contributed by atoms with E-state index in [-0.39, 0.29) is 0 Å². The van der Waals surface area contributed by atoms with Crippen molar-refractivity contribution >= 4 is 39.6 Å². The fourth-order valence-electron chi connectivity index (χ4n) is 1.99. The average Bonchev–Trinajstić information content (AvgIpc) is 2.91. The molecule has 1 aliphatic rings. The zero-order valence-corrected chi connectivity index (χ0v) is 13.9. The van der Waals surface area contributed by atoms with Crippen molar-refractivity contribution in [1.29, 1.82) is 0 Å². The Kier molecular flexibility index (Phi) is 5.16. The highest BCUT2D eigenvalue weighted by atomic mass is 79.9. The van der Waals surface area contributed by atoms with Crippen LogP contribution in [0.5, 0.6) is 5.75 Å². The van der Waals surface area contributed by atoms with Gasteiger partial charge in [-0.3, -0.25) is 4.79 Å². The minimum absolute atomic E-state index is 0.388. The second-order valence-electron chi connectivity index (χ2n) is 4.89. The lowest BCUT2D eigenvalue weighted by molar-refractivity contribution is -0.147. The van der Waals surface area contributed by atoms with Gasteiger partial charge in [-0.25, -0.2) is 4.79 Å². The van der Waals surface area contributed by atoms with Crippen molar-refractivity contribution in [3.05, 3.63) is 28.7 Å². The summed E-state index contributed by atoms with van der Waals surface area (Å²) in [6.45, 7) is 1.61. The fourth-order valence-corrected chi connectivity index (χ4v) is 3.58. The van der Waals surface area contributed by atoms with E-state index in [0.29, 0.717) is 17.9 Å². The summed E-state index contributed by atoms with van der Waals surface area (Å²) >= 11 is 4.85. The lowest BCUT2D eigenvalue weighted by Crippen LogP contribution is -2.57. The maximum absolute atomic E-state index is 12.2. The van der Waals surface area contributed by atoms with Crippen LogP contribution in [0.1, 0.15) is 13.3 Å². The molecule has 1 aromatic rings. The Labute approximate surface area is 135 Å². The fraction of sp³-hybridized carbons (Fsp3) is 0.429. The third kappa shape index (κ3) is 3.91. The van der Waals surface area contributed by atoms with E-state index in [2.05, 4.69) is 21.2 Å². The Morgan fingerprint density at radius 1 is 1.43 bits per heavy atom. The Balaban J connectivity index is 1.99. The van der Waals surface area contributed by atoms with Crippen LogP contribution in [0.4, 0.5) is 0 Å². The summed E-state index contributed by atoms with van der Waals surface area (Å²) in [5.74, 6) is 0.277. The van der Waals surface area contributed by atoms with E-state index in [1.165, 1.54) is 11.8 Å². The first-order chi connectivity index (χ1) is 9.93. The third-order valence-corrected chi connectivity index (χ3v) is 5.01. The van der Waals surface area contributed by atoms with E-state index in [1.807, 2.05) is 12.1 Å². The molecule has 2 rings (SSSR count). The van der Waals surface area contributed by atoms with Gasteiger partial charge in [-0.1, -0.05) is 15.9 Å². The van der Waals surface area contributed by atoms with Gasteiger partial charge >= 0.3 is 5.97 Å². The number of benzene rings is 1. The van der Waals surface area contributed by atoms with Gasteiger partial charge in [0.15, 0.2) is 6.10 Å². The van der Waals surface area contributed by atoms with E-state index in [9.17, 15) is 14.7 Å². The number of carboxylic acids is 1. The van der Waals surface area contributed by atoms with E-state index in [4.69, 9.17) is 4.74 Å². The molecule has 1 fully saturated rings. The summed E-state index contributed by atoms with van der Waals surface area (Å²) in [5, 5.41) is 12.0. The molecule has 1 saturated heterocycles. The van der Waals surface area contributed by atoms with Crippen LogP contribution in [0, 0.1) is 0 Å². The van der Waals surface area contributed by atoms with Crippen molar-refractivity contribution in [2.24, 2.45) is 0 Å². The Bertz CT molecular complexity index is 528. The maximum atomic E-state index is 12.2. The number of thioether (sulfide) groups is 1. The SMILES string of the molecule is CC(Oc1ccc(Br)cc1)C(=O)NC1(C(=O)O)CCSC1. The molecule has 0 saturated carbocycles. The van der Waals surface area contributed by atoms with Gasteiger partial charge in [0.1, 0.15) is 11.3 Å². The van der Waals surface area contributed by atoms with Crippen LogP contribution in [-0.4, -0.2) is 40.1 Å². The van der Waals surface area contributed by atoms with Gasteiger partial charge in [0.05, 0.1) is 0 Å². The highest BCUT2D eigenvalue weighted by molar-refractivity contribution is 9.10. The molecule has 0 aliphatic carbocycles. The lowest BCUT2D eigenvalue weighted by atomic mass is 9.99. The normalized spacial score (nSPS) is 22.6. The van der Waals surface area contributed by atoms with Crippen LogP contribution >= 0.6 is 27.7 Å². The minimum Gasteiger partial charge on any atom is -0.481 e. The number of nitrogens with one attached hydrogen (secondary N) is 1. The molecule has 0 spiro atoms. The molecule has 2 N–H and O–H groups in total. The highest BCUT2D eigenvalue weighted by Gasteiger charge is 2.44. The molecule has 114 valence electrons. The molecular formula is C14H16BrNO4S. The second kappa shape index (κ2) is 6.70. The molecule has 1 aliphatic heterocycles. The first-order valence-corrected chi connectivity index (χ1v) is 8.43. The standard InChI is InChI=1S/C14H16BrNO4S/c1-9(20-11-4-2-10(15)3-5-11)12(17)16-14(13(18)19)6-7-21-8-14/h2-5,9H,6-8H2,1H3,(H,16,17)(H,18,19). The van der Waals surface area contributed by atoms with Crippen LogP contribution in [0.3, 0.4) is 0 Å². The topological polar surface area (TPSA) is 75.6 Å². The first-order valence-electron chi connectivity index (χ1n) is 6.48. The predicted molar refractivity (Wildman–Crippen MR) is 84.7 cm³/mol. The van der Waals surface area contributed by atoms with Gasteiger partial charge in [-0.15, -0.1) is 0 Å². The van der Waals surface area contributed by atoms with Crippen LogP contribution in [0.2, 0.25) is 0 Å². The molecule has 5 nitrogen and oxygen atoms in total. The van der Waals surface area contributed by atoms with Crippen LogP contribution in [0.25, 0.3) is 0 Å². The molecule has 2 unspecified atom stereocenters. The number of hydrogen-bond donors (Lipinski definition) is 2. The zero-order valence-electron chi connectivity index (χ0n) is 11.5. The molecule has 0 bridgehead atoms. The molecule has 0 radical (unpaired) electrons. The van der Waals surface area contributed by atoms with Gasteiger partial charge in [-0.05, 0) is 43.4 Å². The number of halogens is 1. The van der Waals surface area contributed by atoms with Crippen molar-refractivity contribution < 1.29 is 19.4 Å². The summed E-state index contributed by atoms with van der Waals surface area (Å²) in [4.78, 5) is 23.6. The molecule has 1 heterocycles. The van der Waals surface area contributed by atoms with Crippen molar-refractivity contribution in [3.8, 4) is 5.75 Å². The van der Waals surface area contributed by atoms with E-state index in [0.717, 1.165) is 10.2 Å². The maximum Gasteiger partial charge on any atom is 0.330 e. The number of hydrogen-bond acceptors (Lipinski definition) is 4. The predicted octanol–water partition coefficient (Wildman–Crippen LogP) is 2.29. The largest absolute Gasteiger partial charge is 0.481 e. The van der Waals surface area contributed by atoms with E-state index in [1.54, 1.807) is 19.1 Å². The Morgan fingerprint density at radius 2 is 2.10 bits per heavy atom. The summed E-state index contributed by atoms with van der Waals surface area (Å²) in [5.41, 5.74) is -1.17. The van der Waals surface area contributed by atoms with Crippen molar-refractivity contribution in [1.82, 2.24) is 5.32 Å². The van der Waals surface area contributed by atoms with Crippen molar-refractivity contribution in [3.63, 3.8) is 0 Å². The van der Waals surface area contributed by atoms with Gasteiger partial charge < -0.3 is 15.2 Å². The number of aliphatic carboxylic acids is 1. The summed E-state index contributed by atoms with van der Waals surface area (Å²) in [6.07, 6.45) is -0.322.